The summed E-state index contributed by atoms with van der Waals surface area (Å²) < 4.78 is 18.8. The third-order valence-corrected chi connectivity index (χ3v) is 6.29. The van der Waals surface area contributed by atoms with E-state index in [1.165, 1.54) is 28.8 Å². The van der Waals surface area contributed by atoms with Crippen LogP contribution in [0.5, 0.6) is 5.75 Å². The molecule has 3 nitrogen and oxygen atoms in total. The van der Waals surface area contributed by atoms with Crippen molar-refractivity contribution in [2.75, 3.05) is 13.2 Å². The van der Waals surface area contributed by atoms with Crippen LogP contribution in [0.3, 0.4) is 0 Å². The molecule has 0 spiro atoms. The Labute approximate surface area is 160 Å². The zero-order valence-electron chi connectivity index (χ0n) is 15.7. The number of halogens is 1. The van der Waals surface area contributed by atoms with Gasteiger partial charge in [0.25, 0.3) is 0 Å². The van der Waals surface area contributed by atoms with Gasteiger partial charge in [-0.3, -0.25) is 0 Å². The van der Waals surface area contributed by atoms with E-state index in [2.05, 4.69) is 18.2 Å². The molecular formula is C23H28FNO2. The van der Waals surface area contributed by atoms with E-state index in [9.17, 15) is 9.50 Å². The second-order valence-corrected chi connectivity index (χ2v) is 8.36. The average Bonchev–Trinajstić information content (AvgIpc) is 3.10. The number of aliphatic hydroxyl groups is 1. The molecule has 3 N–H and O–H groups in total. The number of aryl methyl sites for hydroxylation is 1. The van der Waals surface area contributed by atoms with E-state index in [-0.39, 0.29) is 12.4 Å². The van der Waals surface area contributed by atoms with Gasteiger partial charge in [0.15, 0.2) is 0 Å². The van der Waals surface area contributed by atoms with Crippen LogP contribution in [0.4, 0.5) is 4.39 Å². The molecule has 1 fully saturated rings. The van der Waals surface area contributed by atoms with Gasteiger partial charge < -0.3 is 15.6 Å². The molecule has 0 saturated heterocycles. The van der Waals surface area contributed by atoms with Crippen molar-refractivity contribution in [1.82, 2.24) is 0 Å². The Morgan fingerprint density at radius 1 is 1.11 bits per heavy atom. The van der Waals surface area contributed by atoms with Gasteiger partial charge in [-0.05, 0) is 91.3 Å². The minimum atomic E-state index is -0.399. The first kappa shape index (κ1) is 18.5. The highest BCUT2D eigenvalue weighted by Gasteiger charge is 2.36. The zero-order valence-corrected chi connectivity index (χ0v) is 15.7. The predicted molar refractivity (Wildman–Crippen MR) is 104 cm³/mol. The summed E-state index contributed by atoms with van der Waals surface area (Å²) in [5.41, 5.74) is 10.1. The van der Waals surface area contributed by atoms with E-state index in [1.807, 2.05) is 0 Å². The molecule has 2 aromatic carbocycles. The van der Waals surface area contributed by atoms with Crippen molar-refractivity contribution in [3.63, 3.8) is 0 Å². The fraction of sp³-hybridized carbons (Fsp3) is 0.478. The van der Waals surface area contributed by atoms with Crippen LogP contribution in [0.25, 0.3) is 0 Å². The number of aliphatic hydroxyl groups excluding tert-OH is 1. The van der Waals surface area contributed by atoms with E-state index < -0.39 is 5.54 Å². The number of hydrogen-bond acceptors (Lipinski definition) is 3. The highest BCUT2D eigenvalue weighted by Crippen LogP contribution is 2.40. The number of hydrogen-bond donors (Lipinski definition) is 2. The maximum Gasteiger partial charge on any atom is 0.123 e. The van der Waals surface area contributed by atoms with Crippen molar-refractivity contribution < 1.29 is 14.2 Å². The SMILES string of the molecule is N[C@]1(CO)CC[C@H](c2ccc3c(c2)CC[C@@H](COc2ccc(F)cc2)C3)C1. The summed E-state index contributed by atoms with van der Waals surface area (Å²) >= 11 is 0. The van der Waals surface area contributed by atoms with Crippen molar-refractivity contribution >= 4 is 0 Å². The third-order valence-electron chi connectivity index (χ3n) is 6.29. The third kappa shape index (κ3) is 4.17. The van der Waals surface area contributed by atoms with E-state index in [0.717, 1.165) is 44.3 Å². The molecule has 4 heteroatoms. The van der Waals surface area contributed by atoms with Crippen molar-refractivity contribution in [3.8, 4) is 5.75 Å². The lowest BCUT2D eigenvalue weighted by atomic mass is 9.82. The van der Waals surface area contributed by atoms with Crippen molar-refractivity contribution in [2.24, 2.45) is 11.7 Å². The molecule has 1 saturated carbocycles. The molecular weight excluding hydrogens is 341 g/mol. The van der Waals surface area contributed by atoms with Crippen LogP contribution in [-0.2, 0) is 12.8 Å². The second-order valence-electron chi connectivity index (χ2n) is 8.36. The molecule has 2 aliphatic rings. The van der Waals surface area contributed by atoms with Crippen LogP contribution in [-0.4, -0.2) is 23.9 Å². The van der Waals surface area contributed by atoms with Crippen molar-refractivity contribution in [2.45, 2.75) is 50.0 Å². The van der Waals surface area contributed by atoms with Crippen LogP contribution in [0.2, 0.25) is 0 Å². The van der Waals surface area contributed by atoms with Crippen LogP contribution >= 0.6 is 0 Å². The summed E-state index contributed by atoms with van der Waals surface area (Å²) in [6.07, 6.45) is 6.04. The smallest absolute Gasteiger partial charge is 0.123 e. The van der Waals surface area contributed by atoms with E-state index in [4.69, 9.17) is 10.5 Å². The van der Waals surface area contributed by atoms with Gasteiger partial charge in [0, 0.05) is 5.54 Å². The highest BCUT2D eigenvalue weighted by molar-refractivity contribution is 5.36. The topological polar surface area (TPSA) is 55.5 Å². The number of fused-ring (bicyclic) bond motifs is 1. The fourth-order valence-corrected chi connectivity index (χ4v) is 4.58. The summed E-state index contributed by atoms with van der Waals surface area (Å²) in [6, 6.07) is 13.1. The molecule has 0 unspecified atom stereocenters. The number of nitrogens with two attached hydrogens (primary N) is 1. The minimum Gasteiger partial charge on any atom is -0.493 e. The highest BCUT2D eigenvalue weighted by atomic mass is 19.1. The van der Waals surface area contributed by atoms with Crippen LogP contribution in [0.15, 0.2) is 42.5 Å². The Morgan fingerprint density at radius 3 is 2.67 bits per heavy atom. The zero-order chi connectivity index (χ0) is 18.9. The molecule has 0 heterocycles. The Morgan fingerprint density at radius 2 is 1.93 bits per heavy atom. The van der Waals surface area contributed by atoms with Gasteiger partial charge in [0.05, 0.1) is 13.2 Å². The van der Waals surface area contributed by atoms with E-state index in [1.54, 1.807) is 12.1 Å². The van der Waals surface area contributed by atoms with Gasteiger partial charge in [0.1, 0.15) is 11.6 Å². The normalized spacial score (nSPS) is 27.4. The first-order chi connectivity index (χ1) is 13.0. The molecule has 2 aromatic rings. The average molecular weight is 369 g/mol. The summed E-state index contributed by atoms with van der Waals surface area (Å²) in [7, 11) is 0. The Kier molecular flexibility index (Phi) is 5.20. The molecule has 0 aromatic heterocycles. The lowest BCUT2D eigenvalue weighted by Gasteiger charge is -2.26. The van der Waals surface area contributed by atoms with Crippen molar-refractivity contribution in [1.29, 1.82) is 0 Å². The molecule has 27 heavy (non-hydrogen) atoms. The van der Waals surface area contributed by atoms with Gasteiger partial charge in [-0.15, -0.1) is 0 Å². The number of benzene rings is 2. The van der Waals surface area contributed by atoms with Gasteiger partial charge in [0.2, 0.25) is 0 Å². The molecule has 0 radical (unpaired) electrons. The van der Waals surface area contributed by atoms with E-state index >= 15 is 0 Å². The van der Waals surface area contributed by atoms with Crippen LogP contribution in [0, 0.1) is 11.7 Å². The first-order valence-electron chi connectivity index (χ1n) is 9.94. The fourth-order valence-electron chi connectivity index (χ4n) is 4.58. The predicted octanol–water partition coefficient (Wildman–Crippen LogP) is 3.97. The number of rotatable bonds is 5. The molecule has 3 atom stereocenters. The maximum absolute atomic E-state index is 13.0. The molecule has 0 bridgehead atoms. The molecule has 0 aliphatic heterocycles. The van der Waals surface area contributed by atoms with Gasteiger partial charge in [-0.2, -0.15) is 0 Å². The quantitative estimate of drug-likeness (QED) is 0.839. The van der Waals surface area contributed by atoms with Gasteiger partial charge in [-0.25, -0.2) is 4.39 Å². The molecule has 4 rings (SSSR count). The van der Waals surface area contributed by atoms with Crippen molar-refractivity contribution in [3.05, 3.63) is 65.0 Å². The summed E-state index contributed by atoms with van der Waals surface area (Å²) in [5.74, 6) is 1.45. The Hall–Kier alpha value is -1.91. The first-order valence-corrected chi connectivity index (χ1v) is 9.94. The molecule has 2 aliphatic carbocycles. The summed E-state index contributed by atoms with van der Waals surface area (Å²) in [6.45, 7) is 0.742. The second kappa shape index (κ2) is 7.61. The summed E-state index contributed by atoms with van der Waals surface area (Å²) in [5, 5.41) is 9.50. The number of ether oxygens (including phenoxy) is 1. The van der Waals surface area contributed by atoms with Gasteiger partial charge in [-0.1, -0.05) is 18.2 Å². The summed E-state index contributed by atoms with van der Waals surface area (Å²) in [4.78, 5) is 0. The molecule has 0 amide bonds. The monoisotopic (exact) mass is 369 g/mol. The standard InChI is InChI=1S/C23H28FNO2/c24-21-5-7-22(8-6-21)27-14-16-1-2-18-12-19(4-3-17(18)11-16)20-9-10-23(25,13-20)15-26/h3-8,12,16,20,26H,1-2,9-11,13-15,25H2/t16-,20+,23-/m1/s1. The molecule has 144 valence electrons. The lowest BCUT2D eigenvalue weighted by Crippen LogP contribution is -2.40. The Balaban J connectivity index is 1.37. The Bertz CT molecular complexity index is 791. The van der Waals surface area contributed by atoms with E-state index in [0.29, 0.717) is 18.4 Å². The maximum atomic E-state index is 13.0. The lowest BCUT2D eigenvalue weighted by molar-refractivity contribution is 0.198. The minimum absolute atomic E-state index is 0.0736. The van der Waals surface area contributed by atoms with Crippen LogP contribution in [0.1, 0.15) is 48.3 Å². The van der Waals surface area contributed by atoms with Gasteiger partial charge >= 0.3 is 0 Å². The van der Waals surface area contributed by atoms with Crippen LogP contribution < -0.4 is 10.5 Å². The largest absolute Gasteiger partial charge is 0.493 e.